The molecule has 0 fully saturated rings. The molecule has 1 aromatic rings. The van der Waals surface area contributed by atoms with Crippen LogP contribution in [0.3, 0.4) is 0 Å². The maximum Gasteiger partial charge on any atom is 0.573 e. The molecule has 0 atom stereocenters. The zero-order chi connectivity index (χ0) is 21.3. The van der Waals surface area contributed by atoms with E-state index < -0.39 is 23.9 Å². The summed E-state index contributed by atoms with van der Waals surface area (Å²) in [5, 5.41) is 2.62. The van der Waals surface area contributed by atoms with Crippen molar-refractivity contribution in [3.63, 3.8) is 0 Å². The molecule has 0 bridgehead atoms. The zero-order valence-corrected chi connectivity index (χ0v) is 15.9. The smallest absolute Gasteiger partial charge is 0.501 e. The lowest BCUT2D eigenvalue weighted by atomic mass is 10.1. The Kier molecular flexibility index (Phi) is 8.56. The minimum Gasteiger partial charge on any atom is -0.501 e. The summed E-state index contributed by atoms with van der Waals surface area (Å²) in [4.78, 5) is 23.6. The first kappa shape index (κ1) is 23.1. The van der Waals surface area contributed by atoms with E-state index in [1.165, 1.54) is 25.3 Å². The molecular formula is C19H23F3N2O4. The van der Waals surface area contributed by atoms with Crippen LogP contribution in [-0.2, 0) is 9.53 Å². The van der Waals surface area contributed by atoms with E-state index in [9.17, 15) is 22.8 Å². The van der Waals surface area contributed by atoms with Crippen molar-refractivity contribution in [2.75, 3.05) is 13.7 Å². The van der Waals surface area contributed by atoms with Crippen LogP contribution in [0.5, 0.6) is 5.75 Å². The minimum atomic E-state index is -4.79. The van der Waals surface area contributed by atoms with Crippen LogP contribution in [0.15, 0.2) is 47.2 Å². The molecule has 0 aromatic heterocycles. The normalized spacial score (nSPS) is 12.9. The van der Waals surface area contributed by atoms with E-state index in [4.69, 9.17) is 10.5 Å². The first-order chi connectivity index (χ1) is 13.1. The van der Waals surface area contributed by atoms with Crippen molar-refractivity contribution in [2.45, 2.75) is 33.1 Å². The topological polar surface area (TPSA) is 90.7 Å². The molecule has 6 nitrogen and oxygen atoms in total. The highest BCUT2D eigenvalue weighted by atomic mass is 19.4. The lowest BCUT2D eigenvalue weighted by Gasteiger charge is -2.11. The van der Waals surface area contributed by atoms with Gasteiger partial charge < -0.3 is 20.5 Å². The molecule has 0 saturated heterocycles. The molecule has 0 heterocycles. The van der Waals surface area contributed by atoms with Crippen molar-refractivity contribution >= 4 is 11.8 Å². The summed E-state index contributed by atoms with van der Waals surface area (Å²) in [5.74, 6) is -0.995. The van der Waals surface area contributed by atoms with Gasteiger partial charge in [-0.15, -0.1) is 13.2 Å². The molecular weight excluding hydrogens is 377 g/mol. The van der Waals surface area contributed by atoms with Gasteiger partial charge in [0.15, 0.2) is 0 Å². The zero-order valence-electron chi connectivity index (χ0n) is 15.9. The number of carbonyl (C=O) groups excluding carboxylic acids is 2. The fourth-order valence-corrected chi connectivity index (χ4v) is 2.20. The standard InChI is InChI=1S/C19H23F3N2O4/c1-4-12(2)16(17(23)25)11-15(27-3)9-10-24-18(26)13-5-7-14(8-6-13)28-19(20,21)22/h5-8,11H,4,9-10H2,1-3H3,(H2,23,25)(H,24,26)/b15-11-,16-12?. The second-order valence-corrected chi connectivity index (χ2v) is 5.80. The van der Waals surface area contributed by atoms with E-state index in [0.29, 0.717) is 24.2 Å². The number of methoxy groups -OCH3 is 1. The van der Waals surface area contributed by atoms with E-state index in [1.807, 2.05) is 6.92 Å². The number of nitrogens with one attached hydrogen (secondary N) is 1. The predicted molar refractivity (Wildman–Crippen MR) is 97.4 cm³/mol. The molecule has 9 heteroatoms. The monoisotopic (exact) mass is 400 g/mol. The molecule has 0 saturated carbocycles. The van der Waals surface area contributed by atoms with Crippen LogP contribution in [-0.4, -0.2) is 31.8 Å². The summed E-state index contributed by atoms with van der Waals surface area (Å²) < 4.78 is 45.4. The Morgan fingerprint density at radius 1 is 1.21 bits per heavy atom. The van der Waals surface area contributed by atoms with Crippen molar-refractivity contribution in [1.29, 1.82) is 0 Å². The number of alkyl halides is 3. The van der Waals surface area contributed by atoms with Gasteiger partial charge in [-0.25, -0.2) is 0 Å². The van der Waals surface area contributed by atoms with Crippen LogP contribution < -0.4 is 15.8 Å². The van der Waals surface area contributed by atoms with Gasteiger partial charge in [-0.05, 0) is 43.7 Å². The molecule has 0 unspecified atom stereocenters. The summed E-state index contributed by atoms with van der Waals surface area (Å²) in [6.07, 6.45) is -2.31. The van der Waals surface area contributed by atoms with E-state index in [0.717, 1.165) is 17.7 Å². The number of ether oxygens (including phenoxy) is 2. The maximum absolute atomic E-state index is 12.1. The maximum atomic E-state index is 12.1. The van der Waals surface area contributed by atoms with Crippen molar-refractivity contribution in [3.8, 4) is 5.75 Å². The van der Waals surface area contributed by atoms with Gasteiger partial charge in [-0.2, -0.15) is 0 Å². The number of carbonyl (C=O) groups is 2. The Labute approximate surface area is 161 Å². The molecule has 0 aliphatic rings. The first-order valence-corrected chi connectivity index (χ1v) is 8.45. The first-order valence-electron chi connectivity index (χ1n) is 8.45. The lowest BCUT2D eigenvalue weighted by Crippen LogP contribution is -2.25. The molecule has 1 aromatic carbocycles. The number of allylic oxidation sites excluding steroid dienone is 1. The Balaban J connectivity index is 2.69. The van der Waals surface area contributed by atoms with E-state index >= 15 is 0 Å². The molecule has 3 N–H and O–H groups in total. The Bertz CT molecular complexity index is 753. The predicted octanol–water partition coefficient (Wildman–Crippen LogP) is 3.45. The Hall–Kier alpha value is -2.97. The number of amides is 2. The van der Waals surface area contributed by atoms with Gasteiger partial charge >= 0.3 is 6.36 Å². The van der Waals surface area contributed by atoms with Crippen molar-refractivity contribution < 1.29 is 32.2 Å². The quantitative estimate of drug-likeness (QED) is 0.377. The van der Waals surface area contributed by atoms with Crippen molar-refractivity contribution in [2.24, 2.45) is 5.73 Å². The fraction of sp³-hybridized carbons (Fsp3) is 0.368. The number of primary amides is 1. The number of hydrogen-bond donors (Lipinski definition) is 2. The Morgan fingerprint density at radius 2 is 1.82 bits per heavy atom. The summed E-state index contributed by atoms with van der Waals surface area (Å²) in [7, 11) is 1.44. The average Bonchev–Trinajstić information content (AvgIpc) is 2.62. The summed E-state index contributed by atoms with van der Waals surface area (Å²) in [6.45, 7) is 3.87. The third-order valence-electron chi connectivity index (χ3n) is 3.83. The highest BCUT2D eigenvalue weighted by Crippen LogP contribution is 2.22. The van der Waals surface area contributed by atoms with Crippen LogP contribution in [0.25, 0.3) is 0 Å². The third-order valence-corrected chi connectivity index (χ3v) is 3.83. The second-order valence-electron chi connectivity index (χ2n) is 5.80. The van der Waals surface area contributed by atoms with Gasteiger partial charge in [0.2, 0.25) is 5.91 Å². The van der Waals surface area contributed by atoms with Crippen LogP contribution in [0.2, 0.25) is 0 Å². The molecule has 154 valence electrons. The molecule has 0 aliphatic carbocycles. The number of benzene rings is 1. The van der Waals surface area contributed by atoms with Crippen LogP contribution in [0, 0.1) is 0 Å². The third kappa shape index (κ3) is 7.73. The van der Waals surface area contributed by atoms with Gasteiger partial charge in [0.1, 0.15) is 5.75 Å². The van der Waals surface area contributed by atoms with Gasteiger partial charge in [-0.3, -0.25) is 9.59 Å². The van der Waals surface area contributed by atoms with Crippen molar-refractivity contribution in [3.05, 3.63) is 52.8 Å². The number of halogens is 3. The van der Waals surface area contributed by atoms with Crippen LogP contribution in [0.4, 0.5) is 13.2 Å². The number of rotatable bonds is 9. The highest BCUT2D eigenvalue weighted by molar-refractivity contribution is 5.95. The SMILES string of the molecule is CCC(C)=C(/C=C(/CCNC(=O)c1ccc(OC(F)(F)F)cc1)OC)C(N)=O. The van der Waals surface area contributed by atoms with E-state index in [1.54, 1.807) is 6.92 Å². The molecule has 0 aliphatic heterocycles. The summed E-state index contributed by atoms with van der Waals surface area (Å²) in [6, 6.07) is 4.56. The van der Waals surface area contributed by atoms with Gasteiger partial charge in [0.25, 0.3) is 5.91 Å². The molecule has 2 amide bonds. The van der Waals surface area contributed by atoms with Gasteiger partial charge in [0, 0.05) is 24.1 Å². The fourth-order valence-electron chi connectivity index (χ4n) is 2.20. The van der Waals surface area contributed by atoms with Crippen molar-refractivity contribution in [1.82, 2.24) is 5.32 Å². The van der Waals surface area contributed by atoms with Crippen LogP contribution >= 0.6 is 0 Å². The summed E-state index contributed by atoms with van der Waals surface area (Å²) >= 11 is 0. The van der Waals surface area contributed by atoms with Gasteiger partial charge in [-0.1, -0.05) is 12.5 Å². The van der Waals surface area contributed by atoms with Gasteiger partial charge in [0.05, 0.1) is 12.9 Å². The average molecular weight is 400 g/mol. The second kappa shape index (κ2) is 10.4. The van der Waals surface area contributed by atoms with E-state index in [2.05, 4.69) is 10.1 Å². The molecule has 0 spiro atoms. The van der Waals surface area contributed by atoms with E-state index in [-0.39, 0.29) is 12.1 Å². The highest BCUT2D eigenvalue weighted by Gasteiger charge is 2.31. The molecule has 28 heavy (non-hydrogen) atoms. The Morgan fingerprint density at radius 3 is 2.29 bits per heavy atom. The number of hydrogen-bond acceptors (Lipinski definition) is 4. The van der Waals surface area contributed by atoms with Crippen LogP contribution in [0.1, 0.15) is 37.0 Å². The largest absolute Gasteiger partial charge is 0.573 e. The number of nitrogens with two attached hydrogens (primary N) is 1. The molecule has 0 radical (unpaired) electrons. The lowest BCUT2D eigenvalue weighted by molar-refractivity contribution is -0.274. The minimum absolute atomic E-state index is 0.178. The molecule has 1 rings (SSSR count). The summed E-state index contributed by atoms with van der Waals surface area (Å²) in [5.41, 5.74) is 6.72.